The molecular formula is C18H27NOS. The molecule has 1 aliphatic carbocycles. The predicted molar refractivity (Wildman–Crippen MR) is 89.9 cm³/mol. The van der Waals surface area contributed by atoms with E-state index in [0.29, 0.717) is 0 Å². The second kappa shape index (κ2) is 7.17. The van der Waals surface area contributed by atoms with E-state index in [1.807, 2.05) is 0 Å². The van der Waals surface area contributed by atoms with Crippen LogP contribution in [0.1, 0.15) is 51.0 Å². The van der Waals surface area contributed by atoms with Crippen LogP contribution < -0.4 is 5.32 Å². The van der Waals surface area contributed by atoms with Crippen molar-refractivity contribution in [1.29, 1.82) is 0 Å². The molecular weight excluding hydrogens is 278 g/mol. The normalized spacial score (nSPS) is 24.5. The number of thioether (sulfide) groups is 1. The largest absolute Gasteiger partial charge is 0.375 e. The predicted octanol–water partition coefficient (Wildman–Crippen LogP) is 4.38. The Morgan fingerprint density at radius 3 is 3.00 bits per heavy atom. The van der Waals surface area contributed by atoms with Gasteiger partial charge in [-0.05, 0) is 49.9 Å². The Hall–Kier alpha value is -0.510. The standard InChI is InChI=1S/C18H27NOS/c1-2-19-14-15-6-5-7-16(12-15)21-17-8-11-20-18(13-17)9-3-4-10-18/h5-7,12,17,19H,2-4,8-11,13-14H2,1H3. The van der Waals surface area contributed by atoms with Gasteiger partial charge in [0.15, 0.2) is 0 Å². The van der Waals surface area contributed by atoms with Gasteiger partial charge < -0.3 is 10.1 Å². The fraction of sp³-hybridized carbons (Fsp3) is 0.667. The summed E-state index contributed by atoms with van der Waals surface area (Å²) in [7, 11) is 0. The summed E-state index contributed by atoms with van der Waals surface area (Å²) in [6, 6.07) is 9.02. The molecule has 1 aromatic carbocycles. The van der Waals surface area contributed by atoms with Crippen LogP contribution in [0.2, 0.25) is 0 Å². The van der Waals surface area contributed by atoms with Crippen LogP contribution in [0.4, 0.5) is 0 Å². The highest BCUT2D eigenvalue weighted by Crippen LogP contribution is 2.44. The van der Waals surface area contributed by atoms with Crippen LogP contribution >= 0.6 is 11.8 Å². The van der Waals surface area contributed by atoms with Crippen molar-refractivity contribution in [3.63, 3.8) is 0 Å². The first-order valence-corrected chi connectivity index (χ1v) is 9.28. The fourth-order valence-electron chi connectivity index (χ4n) is 3.64. The van der Waals surface area contributed by atoms with Gasteiger partial charge in [0.1, 0.15) is 0 Å². The maximum absolute atomic E-state index is 6.15. The maximum Gasteiger partial charge on any atom is 0.0693 e. The lowest BCUT2D eigenvalue weighted by atomic mass is 9.92. The number of hydrogen-bond donors (Lipinski definition) is 1. The fourth-order valence-corrected chi connectivity index (χ4v) is 5.00. The van der Waals surface area contributed by atoms with Crippen molar-refractivity contribution >= 4 is 11.8 Å². The van der Waals surface area contributed by atoms with Crippen molar-refractivity contribution < 1.29 is 4.74 Å². The zero-order chi connectivity index (χ0) is 14.5. The number of rotatable bonds is 5. The van der Waals surface area contributed by atoms with Gasteiger partial charge in [0.2, 0.25) is 0 Å². The minimum absolute atomic E-state index is 0.233. The molecule has 1 aromatic rings. The average Bonchev–Trinajstić information content (AvgIpc) is 2.93. The minimum atomic E-state index is 0.233. The molecule has 1 unspecified atom stereocenters. The van der Waals surface area contributed by atoms with E-state index >= 15 is 0 Å². The second-order valence-corrected chi connectivity index (χ2v) is 7.77. The number of benzene rings is 1. The summed E-state index contributed by atoms with van der Waals surface area (Å²) in [5.74, 6) is 0. The summed E-state index contributed by atoms with van der Waals surface area (Å²) in [5, 5.41) is 4.13. The van der Waals surface area contributed by atoms with Crippen LogP contribution in [0.15, 0.2) is 29.2 Å². The summed E-state index contributed by atoms with van der Waals surface area (Å²) < 4.78 is 6.15. The second-order valence-electron chi connectivity index (χ2n) is 6.40. The molecule has 116 valence electrons. The smallest absolute Gasteiger partial charge is 0.0693 e. The van der Waals surface area contributed by atoms with E-state index in [9.17, 15) is 0 Å². The molecule has 2 fully saturated rings. The first-order valence-electron chi connectivity index (χ1n) is 8.40. The van der Waals surface area contributed by atoms with Gasteiger partial charge in [0.25, 0.3) is 0 Å². The van der Waals surface area contributed by atoms with Gasteiger partial charge in [-0.3, -0.25) is 0 Å². The molecule has 1 saturated heterocycles. The SMILES string of the molecule is CCNCc1cccc(SC2CCOC3(CCCC3)C2)c1. The molecule has 1 spiro atoms. The molecule has 0 amide bonds. The highest BCUT2D eigenvalue weighted by atomic mass is 32.2. The Balaban J connectivity index is 1.60. The van der Waals surface area contributed by atoms with Crippen molar-refractivity contribution in [1.82, 2.24) is 5.32 Å². The Morgan fingerprint density at radius 1 is 1.33 bits per heavy atom. The van der Waals surface area contributed by atoms with Gasteiger partial charge in [-0.1, -0.05) is 31.9 Å². The van der Waals surface area contributed by atoms with E-state index in [-0.39, 0.29) is 5.60 Å². The first kappa shape index (κ1) is 15.4. The van der Waals surface area contributed by atoms with Crippen molar-refractivity contribution in [2.24, 2.45) is 0 Å². The molecule has 1 heterocycles. The third-order valence-corrected chi connectivity index (χ3v) is 6.00. The lowest BCUT2D eigenvalue weighted by Crippen LogP contribution is -2.38. The molecule has 3 heteroatoms. The number of hydrogen-bond acceptors (Lipinski definition) is 3. The topological polar surface area (TPSA) is 21.3 Å². The minimum Gasteiger partial charge on any atom is -0.375 e. The van der Waals surface area contributed by atoms with Crippen LogP contribution in [0.3, 0.4) is 0 Å². The summed E-state index contributed by atoms with van der Waals surface area (Å²) in [4.78, 5) is 1.42. The molecule has 0 bridgehead atoms. The Labute approximate surface area is 133 Å². The zero-order valence-electron chi connectivity index (χ0n) is 13.1. The van der Waals surface area contributed by atoms with Crippen LogP contribution in [-0.2, 0) is 11.3 Å². The molecule has 2 aliphatic rings. The zero-order valence-corrected chi connectivity index (χ0v) is 13.9. The van der Waals surface area contributed by atoms with Gasteiger partial charge in [-0.2, -0.15) is 0 Å². The third kappa shape index (κ3) is 4.02. The summed E-state index contributed by atoms with van der Waals surface area (Å²) >= 11 is 2.07. The van der Waals surface area contributed by atoms with Gasteiger partial charge in [0.05, 0.1) is 5.60 Å². The molecule has 1 atom stereocenters. The molecule has 2 nitrogen and oxygen atoms in total. The lowest BCUT2D eigenvalue weighted by molar-refractivity contribution is -0.0703. The number of nitrogens with one attached hydrogen (secondary N) is 1. The van der Waals surface area contributed by atoms with E-state index in [1.165, 1.54) is 49.0 Å². The molecule has 0 aromatic heterocycles. The summed E-state index contributed by atoms with van der Waals surface area (Å²) in [5.41, 5.74) is 1.63. The number of ether oxygens (including phenoxy) is 1. The van der Waals surface area contributed by atoms with E-state index in [1.54, 1.807) is 0 Å². The Morgan fingerprint density at radius 2 is 2.19 bits per heavy atom. The molecule has 3 rings (SSSR count). The van der Waals surface area contributed by atoms with E-state index in [2.05, 4.69) is 48.3 Å². The molecule has 21 heavy (non-hydrogen) atoms. The summed E-state index contributed by atoms with van der Waals surface area (Å²) in [6.45, 7) is 5.11. The van der Waals surface area contributed by atoms with Gasteiger partial charge in [-0.15, -0.1) is 11.8 Å². The van der Waals surface area contributed by atoms with Gasteiger partial charge >= 0.3 is 0 Å². The first-order chi connectivity index (χ1) is 10.3. The highest BCUT2D eigenvalue weighted by molar-refractivity contribution is 8.00. The van der Waals surface area contributed by atoms with Crippen molar-refractivity contribution in [3.8, 4) is 0 Å². The highest BCUT2D eigenvalue weighted by Gasteiger charge is 2.40. The van der Waals surface area contributed by atoms with Crippen molar-refractivity contribution in [2.45, 2.75) is 67.7 Å². The molecule has 0 radical (unpaired) electrons. The van der Waals surface area contributed by atoms with Crippen LogP contribution in [0, 0.1) is 0 Å². The molecule has 1 saturated carbocycles. The van der Waals surface area contributed by atoms with Crippen LogP contribution in [0.25, 0.3) is 0 Å². The summed E-state index contributed by atoms with van der Waals surface area (Å²) in [6.07, 6.45) is 7.72. The third-order valence-electron chi connectivity index (χ3n) is 4.74. The molecule has 1 N–H and O–H groups in total. The average molecular weight is 305 g/mol. The maximum atomic E-state index is 6.15. The van der Waals surface area contributed by atoms with Gasteiger partial charge in [0, 0.05) is 23.3 Å². The van der Waals surface area contributed by atoms with Crippen molar-refractivity contribution in [2.75, 3.05) is 13.2 Å². The monoisotopic (exact) mass is 305 g/mol. The Bertz CT molecular complexity index is 456. The van der Waals surface area contributed by atoms with E-state index in [4.69, 9.17) is 4.74 Å². The lowest BCUT2D eigenvalue weighted by Gasteiger charge is -2.38. The Kier molecular flexibility index (Phi) is 5.25. The molecule has 1 aliphatic heterocycles. The van der Waals surface area contributed by atoms with Crippen LogP contribution in [0.5, 0.6) is 0 Å². The quantitative estimate of drug-likeness (QED) is 0.872. The van der Waals surface area contributed by atoms with Crippen LogP contribution in [-0.4, -0.2) is 24.0 Å². The van der Waals surface area contributed by atoms with E-state index in [0.717, 1.165) is 24.9 Å². The van der Waals surface area contributed by atoms with E-state index < -0.39 is 0 Å². The van der Waals surface area contributed by atoms with Crippen molar-refractivity contribution in [3.05, 3.63) is 29.8 Å². The van der Waals surface area contributed by atoms with Gasteiger partial charge in [-0.25, -0.2) is 0 Å².